The number of methoxy groups -OCH3 is 4. The zero-order chi connectivity index (χ0) is 14.1. The first-order valence-corrected chi connectivity index (χ1v) is 4.64. The lowest BCUT2D eigenvalue weighted by Crippen LogP contribution is -2.39. The first kappa shape index (κ1) is 18.4. The number of ether oxygens (including phenoxy) is 5. The third-order valence-corrected chi connectivity index (χ3v) is 1.84. The predicted molar refractivity (Wildman–Crippen MR) is 59.7 cm³/mol. The van der Waals surface area contributed by atoms with E-state index in [9.17, 15) is 4.79 Å². The molecule has 0 fully saturated rings. The van der Waals surface area contributed by atoms with E-state index in [0.717, 1.165) is 0 Å². The molecule has 8 heteroatoms. The Balaban J connectivity index is 0. The number of rotatable bonds is 5. The molecule has 0 saturated carbocycles. The standard InChI is InChI=1S/C5H11NO4.C4H11NO2/c1-5(8-2,9-3)10-4(6)7;1-4(5,6-2)7-3/h1-3H3,(H2,6,7);5H2,1-3H3. The smallest absolute Gasteiger partial charge is 0.392 e. The van der Waals surface area contributed by atoms with Crippen LogP contribution < -0.4 is 11.5 Å². The summed E-state index contributed by atoms with van der Waals surface area (Å²) in [6.07, 6.45) is -0.939. The van der Waals surface area contributed by atoms with Crippen LogP contribution in [0.25, 0.3) is 0 Å². The average molecular weight is 254 g/mol. The highest BCUT2D eigenvalue weighted by Crippen LogP contribution is 2.10. The highest BCUT2D eigenvalue weighted by molar-refractivity contribution is 5.64. The summed E-state index contributed by atoms with van der Waals surface area (Å²) in [5, 5.41) is 0. The molecular weight excluding hydrogens is 232 g/mol. The normalized spacial score (nSPS) is 11.5. The van der Waals surface area contributed by atoms with Gasteiger partial charge in [0.05, 0.1) is 0 Å². The summed E-state index contributed by atoms with van der Waals surface area (Å²) in [5.41, 5.74) is 9.98. The molecule has 0 aliphatic heterocycles. The second-order valence-corrected chi connectivity index (χ2v) is 3.12. The maximum absolute atomic E-state index is 10.2. The lowest BCUT2D eigenvalue weighted by molar-refractivity contribution is -0.321. The Morgan fingerprint density at radius 2 is 1.29 bits per heavy atom. The van der Waals surface area contributed by atoms with Crippen molar-refractivity contribution in [1.29, 1.82) is 0 Å². The Labute approximate surface area is 101 Å². The first-order chi connectivity index (χ1) is 7.66. The van der Waals surface area contributed by atoms with Crippen molar-refractivity contribution < 1.29 is 28.5 Å². The Bertz CT molecular complexity index is 212. The van der Waals surface area contributed by atoms with Gasteiger partial charge >= 0.3 is 12.1 Å². The van der Waals surface area contributed by atoms with Crippen molar-refractivity contribution >= 4 is 6.09 Å². The van der Waals surface area contributed by atoms with E-state index >= 15 is 0 Å². The number of carbonyl (C=O) groups is 1. The van der Waals surface area contributed by atoms with Crippen molar-refractivity contribution in [2.75, 3.05) is 28.4 Å². The van der Waals surface area contributed by atoms with E-state index in [1.54, 1.807) is 6.92 Å². The van der Waals surface area contributed by atoms with Gasteiger partial charge in [0.2, 0.25) is 5.91 Å². The van der Waals surface area contributed by atoms with Gasteiger partial charge in [0.15, 0.2) is 0 Å². The highest BCUT2D eigenvalue weighted by atomic mass is 16.9. The molecule has 0 aromatic rings. The zero-order valence-corrected chi connectivity index (χ0v) is 11.1. The van der Waals surface area contributed by atoms with Crippen molar-refractivity contribution in [2.24, 2.45) is 11.5 Å². The van der Waals surface area contributed by atoms with Gasteiger partial charge in [-0.1, -0.05) is 0 Å². The Kier molecular flexibility index (Phi) is 8.90. The minimum Gasteiger partial charge on any atom is -0.392 e. The number of primary amides is 1. The molecule has 0 bridgehead atoms. The molecule has 0 unspecified atom stereocenters. The van der Waals surface area contributed by atoms with Crippen LogP contribution in [0.3, 0.4) is 0 Å². The molecule has 0 spiro atoms. The molecular formula is C9H22N2O6. The summed E-state index contributed by atoms with van der Waals surface area (Å²) < 4.78 is 23.0. The molecule has 0 atom stereocenters. The second kappa shape index (κ2) is 8.20. The van der Waals surface area contributed by atoms with Crippen LogP contribution >= 0.6 is 0 Å². The summed E-state index contributed by atoms with van der Waals surface area (Å²) in [6.45, 7) is 3.06. The van der Waals surface area contributed by atoms with Crippen molar-refractivity contribution in [3.8, 4) is 0 Å². The molecule has 0 aliphatic rings. The van der Waals surface area contributed by atoms with Gasteiger partial charge in [-0.2, -0.15) is 0 Å². The van der Waals surface area contributed by atoms with Gasteiger partial charge in [0.1, 0.15) is 0 Å². The van der Waals surface area contributed by atoms with E-state index < -0.39 is 18.0 Å². The number of nitrogens with two attached hydrogens (primary N) is 2. The molecule has 8 nitrogen and oxygen atoms in total. The fraction of sp³-hybridized carbons (Fsp3) is 0.889. The summed E-state index contributed by atoms with van der Waals surface area (Å²) in [7, 11) is 5.66. The maximum Gasteiger partial charge on any atom is 0.408 e. The Morgan fingerprint density at radius 1 is 0.941 bits per heavy atom. The number of carbonyl (C=O) groups excluding carboxylic acids is 1. The monoisotopic (exact) mass is 254 g/mol. The van der Waals surface area contributed by atoms with Crippen LogP contribution in [0.4, 0.5) is 4.79 Å². The van der Waals surface area contributed by atoms with Gasteiger partial charge in [-0.15, -0.1) is 0 Å². The fourth-order valence-electron chi connectivity index (χ4n) is 0.433. The predicted octanol–water partition coefficient (Wildman–Crippen LogP) is -0.0402. The largest absolute Gasteiger partial charge is 0.408 e. The molecule has 0 aromatic heterocycles. The topological polar surface area (TPSA) is 115 Å². The fourth-order valence-corrected chi connectivity index (χ4v) is 0.433. The van der Waals surface area contributed by atoms with Gasteiger partial charge < -0.3 is 29.4 Å². The minimum atomic E-state index is -1.37. The molecule has 0 aliphatic carbocycles. The van der Waals surface area contributed by atoms with Gasteiger partial charge in [0.25, 0.3) is 0 Å². The summed E-state index contributed by atoms with van der Waals surface area (Å²) in [4.78, 5) is 10.2. The minimum absolute atomic E-state index is 0.917. The Hall–Kier alpha value is -0.930. The molecule has 0 aromatic carbocycles. The molecule has 0 heterocycles. The van der Waals surface area contributed by atoms with Crippen LogP contribution in [0.2, 0.25) is 0 Å². The SMILES string of the molecule is COC(C)(N)OC.COC(C)(OC)OC(N)=O. The molecule has 0 rings (SSSR count). The quantitative estimate of drug-likeness (QED) is 0.661. The summed E-state index contributed by atoms with van der Waals surface area (Å²) in [6, 6.07) is 0. The average Bonchev–Trinajstić information content (AvgIpc) is 2.29. The summed E-state index contributed by atoms with van der Waals surface area (Å²) in [5.74, 6) is -2.29. The van der Waals surface area contributed by atoms with E-state index in [1.165, 1.54) is 35.4 Å². The van der Waals surface area contributed by atoms with Crippen molar-refractivity contribution in [1.82, 2.24) is 0 Å². The lowest BCUT2D eigenvalue weighted by Gasteiger charge is -2.23. The van der Waals surface area contributed by atoms with Crippen LogP contribution in [-0.4, -0.2) is 46.4 Å². The Morgan fingerprint density at radius 3 is 1.35 bits per heavy atom. The number of amides is 1. The van der Waals surface area contributed by atoms with Crippen LogP contribution in [0.5, 0.6) is 0 Å². The van der Waals surface area contributed by atoms with Gasteiger partial charge in [0, 0.05) is 42.3 Å². The maximum atomic E-state index is 10.2. The van der Waals surface area contributed by atoms with Crippen molar-refractivity contribution in [3.63, 3.8) is 0 Å². The van der Waals surface area contributed by atoms with Crippen LogP contribution in [-0.2, 0) is 23.7 Å². The zero-order valence-electron chi connectivity index (χ0n) is 11.1. The van der Waals surface area contributed by atoms with E-state index in [0.29, 0.717) is 0 Å². The number of hydrogen-bond acceptors (Lipinski definition) is 7. The molecule has 17 heavy (non-hydrogen) atoms. The second-order valence-electron chi connectivity index (χ2n) is 3.12. The van der Waals surface area contributed by atoms with Gasteiger partial charge in [-0.05, 0) is 0 Å². The molecule has 0 radical (unpaired) electrons. The lowest BCUT2D eigenvalue weighted by atomic mass is 10.6. The first-order valence-electron chi connectivity index (χ1n) is 4.64. The van der Waals surface area contributed by atoms with E-state index in [4.69, 9.17) is 11.5 Å². The molecule has 4 N–H and O–H groups in total. The van der Waals surface area contributed by atoms with Crippen molar-refractivity contribution in [2.45, 2.75) is 25.7 Å². The molecule has 1 amide bonds. The molecule has 104 valence electrons. The number of hydrogen-bond donors (Lipinski definition) is 2. The third-order valence-electron chi connectivity index (χ3n) is 1.84. The highest BCUT2D eigenvalue weighted by Gasteiger charge is 2.26. The van der Waals surface area contributed by atoms with Crippen LogP contribution in [0.1, 0.15) is 13.8 Å². The van der Waals surface area contributed by atoms with E-state index in [1.807, 2.05) is 0 Å². The third kappa shape index (κ3) is 9.97. The molecule has 0 saturated heterocycles. The van der Waals surface area contributed by atoms with Gasteiger partial charge in [-0.3, -0.25) is 5.73 Å². The van der Waals surface area contributed by atoms with Crippen LogP contribution in [0.15, 0.2) is 0 Å². The van der Waals surface area contributed by atoms with E-state index in [2.05, 4.69) is 23.7 Å². The van der Waals surface area contributed by atoms with Crippen LogP contribution in [0, 0.1) is 0 Å². The van der Waals surface area contributed by atoms with Gasteiger partial charge in [-0.25, -0.2) is 4.79 Å². The van der Waals surface area contributed by atoms with E-state index in [-0.39, 0.29) is 0 Å². The van der Waals surface area contributed by atoms with Crippen molar-refractivity contribution in [3.05, 3.63) is 0 Å². The summed E-state index contributed by atoms with van der Waals surface area (Å²) >= 11 is 0.